The third-order valence-electron chi connectivity index (χ3n) is 3.62. The fraction of sp³-hybridized carbons (Fsp3) is 0.400. The summed E-state index contributed by atoms with van der Waals surface area (Å²) in [6.45, 7) is 3.76. The second kappa shape index (κ2) is 9.44. The van der Waals surface area contributed by atoms with E-state index in [1.807, 2.05) is 5.43 Å². The third-order valence-corrected chi connectivity index (χ3v) is 3.62. The highest BCUT2D eigenvalue weighted by Gasteiger charge is 2.14. The van der Waals surface area contributed by atoms with Gasteiger partial charge in [-0.05, 0) is 6.07 Å². The lowest BCUT2D eigenvalue weighted by molar-refractivity contribution is -0.384. The average Bonchev–Trinajstić information content (AvgIpc) is 2.63. The number of amides is 2. The number of phenolic OH excluding ortho intramolecular Hbond substituents is 1. The highest BCUT2D eigenvalue weighted by Crippen LogP contribution is 2.21. The molecule has 0 radical (unpaired) electrons. The number of non-ortho nitro benzene ring substituents is 1. The first-order valence-electron chi connectivity index (χ1n) is 7.86. The summed E-state index contributed by atoms with van der Waals surface area (Å²) in [5.41, 5.74) is 1.79. The molecule has 140 valence electrons. The number of aromatic hydroxyl groups is 1. The maximum atomic E-state index is 11.7. The number of nitrogens with one attached hydrogen (secondary N) is 2. The van der Waals surface area contributed by atoms with Crippen LogP contribution in [0.3, 0.4) is 0 Å². The van der Waals surface area contributed by atoms with Crippen LogP contribution in [-0.2, 0) is 14.3 Å². The zero-order chi connectivity index (χ0) is 18.9. The first kappa shape index (κ1) is 19.3. The molecule has 1 aliphatic heterocycles. The maximum Gasteiger partial charge on any atom is 0.329 e. The zero-order valence-electron chi connectivity index (χ0n) is 13.9. The van der Waals surface area contributed by atoms with Crippen molar-refractivity contribution >= 4 is 23.7 Å². The third kappa shape index (κ3) is 5.79. The van der Waals surface area contributed by atoms with E-state index in [2.05, 4.69) is 15.3 Å². The van der Waals surface area contributed by atoms with Gasteiger partial charge in [0.25, 0.3) is 5.69 Å². The largest absolute Gasteiger partial charge is 0.507 e. The Morgan fingerprint density at radius 2 is 2.08 bits per heavy atom. The molecule has 1 aromatic carbocycles. The van der Waals surface area contributed by atoms with E-state index in [1.54, 1.807) is 0 Å². The molecule has 0 saturated carbocycles. The Hall–Kier alpha value is -3.05. The molecule has 3 N–H and O–H groups in total. The highest BCUT2D eigenvalue weighted by molar-refractivity contribution is 6.35. The minimum absolute atomic E-state index is 0.0345. The summed E-state index contributed by atoms with van der Waals surface area (Å²) in [6, 6.07) is 3.36. The van der Waals surface area contributed by atoms with Gasteiger partial charge in [0.15, 0.2) is 0 Å². The van der Waals surface area contributed by atoms with E-state index < -0.39 is 16.7 Å². The molecule has 1 aromatic rings. The minimum atomic E-state index is -0.979. The SMILES string of the molecule is O=C(NCCN1CCOCC1)C(=O)N/N=C\c1cc([N+](=O)[O-])ccc1O. The van der Waals surface area contributed by atoms with Crippen molar-refractivity contribution in [2.75, 3.05) is 39.4 Å². The van der Waals surface area contributed by atoms with E-state index in [0.717, 1.165) is 37.5 Å². The van der Waals surface area contributed by atoms with Gasteiger partial charge in [-0.25, -0.2) is 5.43 Å². The van der Waals surface area contributed by atoms with Crippen molar-refractivity contribution in [3.63, 3.8) is 0 Å². The topological polar surface area (TPSA) is 146 Å². The lowest BCUT2D eigenvalue weighted by Gasteiger charge is -2.26. The van der Waals surface area contributed by atoms with Gasteiger partial charge in [0.05, 0.1) is 24.4 Å². The number of phenols is 1. The normalized spacial score (nSPS) is 14.9. The van der Waals surface area contributed by atoms with Crippen molar-refractivity contribution in [2.45, 2.75) is 0 Å². The summed E-state index contributed by atoms with van der Waals surface area (Å²) in [6.07, 6.45) is 1.02. The van der Waals surface area contributed by atoms with Crippen LogP contribution in [0, 0.1) is 10.1 Å². The van der Waals surface area contributed by atoms with Crippen molar-refractivity contribution in [1.29, 1.82) is 0 Å². The van der Waals surface area contributed by atoms with Crippen molar-refractivity contribution in [2.24, 2.45) is 5.10 Å². The number of ether oxygens (including phenoxy) is 1. The quantitative estimate of drug-likeness (QED) is 0.259. The number of hydrogen-bond donors (Lipinski definition) is 3. The lowest BCUT2D eigenvalue weighted by Crippen LogP contribution is -2.44. The van der Waals surface area contributed by atoms with Gasteiger partial charge in [-0.15, -0.1) is 0 Å². The summed E-state index contributed by atoms with van der Waals surface area (Å²) in [7, 11) is 0. The molecule has 11 nitrogen and oxygen atoms in total. The summed E-state index contributed by atoms with van der Waals surface area (Å²) in [5, 5.41) is 26.3. The minimum Gasteiger partial charge on any atom is -0.507 e. The maximum absolute atomic E-state index is 11.7. The molecule has 0 spiro atoms. The number of hydrazone groups is 1. The summed E-state index contributed by atoms with van der Waals surface area (Å²) >= 11 is 0. The average molecular weight is 365 g/mol. The number of hydrogen-bond acceptors (Lipinski definition) is 8. The Balaban J connectivity index is 1.78. The Morgan fingerprint density at radius 3 is 2.77 bits per heavy atom. The molecule has 2 amide bonds. The molecule has 0 unspecified atom stereocenters. The number of nitro groups is 1. The predicted octanol–water partition coefficient (Wildman–Crippen LogP) is -0.801. The standard InChI is InChI=1S/C15H19N5O6/c21-13-2-1-12(20(24)25)9-11(13)10-17-18-15(23)14(22)16-3-4-19-5-7-26-8-6-19/h1-2,9-10,21H,3-8H2,(H,16,22)(H,18,23)/b17-10-. The van der Waals surface area contributed by atoms with E-state index in [-0.39, 0.29) is 17.0 Å². The van der Waals surface area contributed by atoms with Crippen molar-refractivity contribution in [3.8, 4) is 5.75 Å². The number of benzene rings is 1. The molecule has 1 fully saturated rings. The second-order valence-corrected chi connectivity index (χ2v) is 5.41. The molecular weight excluding hydrogens is 346 g/mol. The van der Waals surface area contributed by atoms with Gasteiger partial charge in [-0.3, -0.25) is 24.6 Å². The summed E-state index contributed by atoms with van der Waals surface area (Å²) in [4.78, 5) is 35.5. The van der Waals surface area contributed by atoms with Gasteiger partial charge < -0.3 is 15.2 Å². The first-order valence-corrected chi connectivity index (χ1v) is 7.86. The number of rotatable bonds is 6. The number of carbonyl (C=O) groups excluding carboxylic acids is 2. The summed E-state index contributed by atoms with van der Waals surface area (Å²) in [5.74, 6) is -2.07. The van der Waals surface area contributed by atoms with Crippen molar-refractivity contribution in [1.82, 2.24) is 15.6 Å². The van der Waals surface area contributed by atoms with Gasteiger partial charge in [-0.2, -0.15) is 5.10 Å². The van der Waals surface area contributed by atoms with Crippen LogP contribution < -0.4 is 10.7 Å². The Bertz CT molecular complexity index is 702. The molecule has 1 heterocycles. The van der Waals surface area contributed by atoms with E-state index in [1.165, 1.54) is 0 Å². The molecule has 1 aliphatic rings. The van der Waals surface area contributed by atoms with Crippen LogP contribution in [0.1, 0.15) is 5.56 Å². The van der Waals surface area contributed by atoms with Gasteiger partial charge in [0.1, 0.15) is 5.75 Å². The van der Waals surface area contributed by atoms with Crippen LogP contribution >= 0.6 is 0 Å². The Kier molecular flexibility index (Phi) is 7.00. The number of nitro benzene ring substituents is 1. The molecule has 2 rings (SSSR count). The molecule has 0 aromatic heterocycles. The monoisotopic (exact) mass is 365 g/mol. The van der Waals surface area contributed by atoms with Gasteiger partial charge in [0.2, 0.25) is 0 Å². The van der Waals surface area contributed by atoms with Gasteiger partial charge >= 0.3 is 11.8 Å². The van der Waals surface area contributed by atoms with Crippen LogP contribution in [0.15, 0.2) is 23.3 Å². The molecule has 0 aliphatic carbocycles. The van der Waals surface area contributed by atoms with E-state index >= 15 is 0 Å². The van der Waals surface area contributed by atoms with Crippen LogP contribution in [-0.4, -0.2) is 72.4 Å². The van der Waals surface area contributed by atoms with Crippen LogP contribution in [0.5, 0.6) is 5.75 Å². The summed E-state index contributed by atoms with van der Waals surface area (Å²) < 4.78 is 5.21. The predicted molar refractivity (Wildman–Crippen MR) is 90.8 cm³/mol. The molecule has 11 heteroatoms. The van der Waals surface area contributed by atoms with E-state index in [0.29, 0.717) is 26.3 Å². The Morgan fingerprint density at radius 1 is 1.35 bits per heavy atom. The Labute approximate surface area is 148 Å². The van der Waals surface area contributed by atoms with E-state index in [4.69, 9.17) is 4.74 Å². The van der Waals surface area contributed by atoms with Crippen LogP contribution in [0.25, 0.3) is 0 Å². The second-order valence-electron chi connectivity index (χ2n) is 5.41. The molecule has 0 atom stereocenters. The molecule has 0 bridgehead atoms. The van der Waals surface area contributed by atoms with Gasteiger partial charge in [-0.1, -0.05) is 0 Å². The zero-order valence-corrected chi connectivity index (χ0v) is 13.9. The van der Waals surface area contributed by atoms with E-state index in [9.17, 15) is 24.8 Å². The van der Waals surface area contributed by atoms with Crippen LogP contribution in [0.2, 0.25) is 0 Å². The fourth-order valence-corrected chi connectivity index (χ4v) is 2.20. The molecule has 1 saturated heterocycles. The lowest BCUT2D eigenvalue weighted by atomic mass is 10.2. The van der Waals surface area contributed by atoms with Crippen molar-refractivity contribution in [3.05, 3.63) is 33.9 Å². The smallest absolute Gasteiger partial charge is 0.329 e. The van der Waals surface area contributed by atoms with Crippen LogP contribution in [0.4, 0.5) is 5.69 Å². The molecular formula is C15H19N5O6. The fourth-order valence-electron chi connectivity index (χ4n) is 2.20. The number of nitrogens with zero attached hydrogens (tertiary/aromatic N) is 3. The first-order chi connectivity index (χ1) is 12.5. The van der Waals surface area contributed by atoms with Crippen molar-refractivity contribution < 1.29 is 24.4 Å². The number of carbonyl (C=O) groups is 2. The highest BCUT2D eigenvalue weighted by atomic mass is 16.6. The van der Waals surface area contributed by atoms with Gasteiger partial charge in [0, 0.05) is 43.9 Å². The molecule has 26 heavy (non-hydrogen) atoms. The number of morpholine rings is 1.